The van der Waals surface area contributed by atoms with Crippen molar-refractivity contribution >= 4 is 35.0 Å². The number of anilines is 1. The first-order chi connectivity index (χ1) is 7.04. The summed E-state index contributed by atoms with van der Waals surface area (Å²) in [5.74, 6) is 0.122. The van der Waals surface area contributed by atoms with E-state index in [0.717, 1.165) is 0 Å². The monoisotopic (exact) mass is 249 g/mol. The first-order valence-electron chi connectivity index (χ1n) is 4.13. The quantitative estimate of drug-likeness (QED) is 0.497. The third-order valence-corrected chi connectivity index (χ3v) is 2.13. The average molecular weight is 250 g/mol. The van der Waals surface area contributed by atoms with Crippen LogP contribution in [0.25, 0.3) is 0 Å². The topological polar surface area (TPSA) is 61.5 Å². The van der Waals surface area contributed by atoms with Crippen LogP contribution in [0.3, 0.4) is 0 Å². The Morgan fingerprint density at radius 1 is 1.40 bits per heavy atom. The van der Waals surface area contributed by atoms with Crippen LogP contribution < -0.4 is 10.5 Å². The van der Waals surface area contributed by atoms with E-state index in [-0.39, 0.29) is 23.1 Å². The zero-order valence-electron chi connectivity index (χ0n) is 7.92. The molecule has 82 valence electrons. The smallest absolute Gasteiger partial charge is 0.434 e. The van der Waals surface area contributed by atoms with E-state index in [4.69, 9.17) is 33.7 Å². The van der Waals surface area contributed by atoms with E-state index in [9.17, 15) is 4.79 Å². The molecule has 2 N–H and O–H groups in total. The van der Waals surface area contributed by atoms with Crippen molar-refractivity contribution in [3.63, 3.8) is 0 Å². The van der Waals surface area contributed by atoms with E-state index in [1.54, 1.807) is 6.92 Å². The van der Waals surface area contributed by atoms with Crippen molar-refractivity contribution in [1.29, 1.82) is 0 Å². The van der Waals surface area contributed by atoms with E-state index in [2.05, 4.69) is 4.74 Å². The number of hydrogen-bond donors (Lipinski definition) is 1. The molecule has 0 heterocycles. The number of carbonyl (C=O) groups excluding carboxylic acids is 1. The van der Waals surface area contributed by atoms with Crippen LogP contribution in [-0.2, 0) is 4.74 Å². The van der Waals surface area contributed by atoms with Crippen LogP contribution in [0.15, 0.2) is 12.1 Å². The van der Waals surface area contributed by atoms with Gasteiger partial charge in [0.15, 0.2) is 5.75 Å². The number of ether oxygens (including phenoxy) is 2. The molecular weight excluding hydrogens is 241 g/mol. The van der Waals surface area contributed by atoms with E-state index < -0.39 is 6.16 Å². The van der Waals surface area contributed by atoms with Gasteiger partial charge in [-0.3, -0.25) is 0 Å². The Morgan fingerprint density at radius 2 is 2.07 bits per heavy atom. The molecule has 1 aromatic rings. The maximum atomic E-state index is 11.0. The molecule has 15 heavy (non-hydrogen) atoms. The summed E-state index contributed by atoms with van der Waals surface area (Å²) in [5, 5.41) is 0.499. The molecule has 0 radical (unpaired) electrons. The molecule has 0 aromatic heterocycles. The maximum Gasteiger partial charge on any atom is 0.513 e. The molecule has 0 bridgehead atoms. The molecule has 1 rings (SSSR count). The first-order valence-corrected chi connectivity index (χ1v) is 4.89. The number of hydrogen-bond acceptors (Lipinski definition) is 4. The molecule has 0 aliphatic carbocycles. The second kappa shape index (κ2) is 5.09. The van der Waals surface area contributed by atoms with E-state index in [1.807, 2.05) is 0 Å². The lowest BCUT2D eigenvalue weighted by Crippen LogP contribution is -2.10. The normalized spacial score (nSPS) is 9.80. The van der Waals surface area contributed by atoms with E-state index in [1.165, 1.54) is 12.1 Å². The number of carbonyl (C=O) groups is 1. The Bertz CT molecular complexity index is 382. The first kappa shape index (κ1) is 11.9. The van der Waals surface area contributed by atoms with Gasteiger partial charge in [0.25, 0.3) is 0 Å². The average Bonchev–Trinajstić information content (AvgIpc) is 2.14. The minimum atomic E-state index is -0.832. The fourth-order valence-corrected chi connectivity index (χ4v) is 1.28. The van der Waals surface area contributed by atoms with Crippen molar-refractivity contribution < 1.29 is 14.3 Å². The maximum absolute atomic E-state index is 11.0. The van der Waals surface area contributed by atoms with Gasteiger partial charge in [-0.2, -0.15) is 0 Å². The van der Waals surface area contributed by atoms with Crippen molar-refractivity contribution in [2.24, 2.45) is 0 Å². The highest BCUT2D eigenvalue weighted by Crippen LogP contribution is 2.32. The summed E-state index contributed by atoms with van der Waals surface area (Å²) in [6.45, 7) is 1.89. The summed E-state index contributed by atoms with van der Waals surface area (Å²) >= 11 is 11.5. The molecule has 0 spiro atoms. The van der Waals surface area contributed by atoms with Crippen LogP contribution in [0.5, 0.6) is 5.75 Å². The summed E-state index contributed by atoms with van der Waals surface area (Å²) in [5.41, 5.74) is 5.79. The van der Waals surface area contributed by atoms with Gasteiger partial charge in [-0.05, 0) is 13.0 Å². The van der Waals surface area contributed by atoms with Crippen molar-refractivity contribution in [3.8, 4) is 5.75 Å². The summed E-state index contributed by atoms with van der Waals surface area (Å²) in [4.78, 5) is 11.0. The number of halogens is 2. The van der Waals surface area contributed by atoms with Gasteiger partial charge >= 0.3 is 6.16 Å². The Labute approximate surface area is 96.9 Å². The van der Waals surface area contributed by atoms with Crippen molar-refractivity contribution in [2.45, 2.75) is 6.92 Å². The molecule has 0 aliphatic heterocycles. The van der Waals surface area contributed by atoms with Crippen LogP contribution in [0.2, 0.25) is 10.0 Å². The van der Waals surface area contributed by atoms with Gasteiger partial charge in [0, 0.05) is 6.07 Å². The lowest BCUT2D eigenvalue weighted by molar-refractivity contribution is 0.104. The van der Waals surface area contributed by atoms with Gasteiger partial charge in [-0.15, -0.1) is 0 Å². The Balaban J connectivity index is 2.86. The molecule has 4 nitrogen and oxygen atoms in total. The molecule has 0 unspecified atom stereocenters. The van der Waals surface area contributed by atoms with Crippen LogP contribution in [-0.4, -0.2) is 12.8 Å². The highest BCUT2D eigenvalue weighted by atomic mass is 35.5. The molecule has 0 amide bonds. The van der Waals surface area contributed by atoms with Crippen molar-refractivity contribution in [2.75, 3.05) is 12.3 Å². The largest absolute Gasteiger partial charge is 0.513 e. The number of nitrogens with two attached hydrogens (primary N) is 1. The van der Waals surface area contributed by atoms with Crippen molar-refractivity contribution in [1.82, 2.24) is 0 Å². The van der Waals surface area contributed by atoms with E-state index in [0.29, 0.717) is 5.02 Å². The highest BCUT2D eigenvalue weighted by Gasteiger charge is 2.11. The highest BCUT2D eigenvalue weighted by molar-refractivity contribution is 6.37. The lowest BCUT2D eigenvalue weighted by atomic mass is 10.3. The minimum Gasteiger partial charge on any atom is -0.434 e. The third kappa shape index (κ3) is 3.18. The van der Waals surface area contributed by atoms with Gasteiger partial charge in [0.2, 0.25) is 0 Å². The van der Waals surface area contributed by atoms with Gasteiger partial charge in [-0.25, -0.2) is 4.79 Å². The Kier molecular flexibility index (Phi) is 4.05. The SMILES string of the molecule is CCOC(=O)Oc1cc(N)c(Cl)cc1Cl. The lowest BCUT2D eigenvalue weighted by Gasteiger charge is -2.07. The Hall–Kier alpha value is -1.13. The van der Waals surface area contributed by atoms with Gasteiger partial charge < -0.3 is 15.2 Å². The molecule has 1 aromatic carbocycles. The summed E-state index contributed by atoms with van der Waals surface area (Å²) < 4.78 is 9.37. The molecule has 0 saturated carbocycles. The number of benzene rings is 1. The van der Waals surface area contributed by atoms with Crippen LogP contribution in [0, 0.1) is 0 Å². The van der Waals surface area contributed by atoms with Crippen LogP contribution in [0.1, 0.15) is 6.92 Å². The van der Waals surface area contributed by atoms with Crippen LogP contribution in [0.4, 0.5) is 10.5 Å². The minimum absolute atomic E-state index is 0.122. The molecule has 0 aliphatic rings. The van der Waals surface area contributed by atoms with Crippen LogP contribution >= 0.6 is 23.2 Å². The number of rotatable bonds is 2. The van der Waals surface area contributed by atoms with Gasteiger partial charge in [0.05, 0.1) is 22.3 Å². The number of nitrogen functional groups attached to an aromatic ring is 1. The predicted molar refractivity (Wildman–Crippen MR) is 58.5 cm³/mol. The summed E-state index contributed by atoms with van der Waals surface area (Å²) in [6, 6.07) is 2.76. The summed E-state index contributed by atoms with van der Waals surface area (Å²) in [7, 11) is 0. The third-order valence-electron chi connectivity index (χ3n) is 1.51. The molecule has 0 fully saturated rings. The molecule has 0 atom stereocenters. The van der Waals surface area contributed by atoms with Crippen molar-refractivity contribution in [3.05, 3.63) is 22.2 Å². The van der Waals surface area contributed by atoms with Gasteiger partial charge in [-0.1, -0.05) is 23.2 Å². The standard InChI is InChI=1S/C9H9Cl2NO3/c1-2-14-9(13)15-8-4-7(12)5(10)3-6(8)11/h3-4H,2,12H2,1H3. The second-order valence-corrected chi connectivity index (χ2v) is 3.40. The molecular formula is C9H9Cl2NO3. The zero-order valence-corrected chi connectivity index (χ0v) is 9.43. The predicted octanol–water partition coefficient (Wildman–Crippen LogP) is 3.11. The summed E-state index contributed by atoms with van der Waals surface area (Å²) in [6.07, 6.45) is -0.832. The second-order valence-electron chi connectivity index (χ2n) is 2.59. The molecule has 6 heteroatoms. The van der Waals surface area contributed by atoms with Gasteiger partial charge in [0.1, 0.15) is 0 Å². The zero-order chi connectivity index (χ0) is 11.4. The fraction of sp³-hybridized carbons (Fsp3) is 0.222. The van der Waals surface area contributed by atoms with E-state index >= 15 is 0 Å². The molecule has 0 saturated heterocycles. The fourth-order valence-electron chi connectivity index (χ4n) is 0.860. The Morgan fingerprint density at radius 3 is 2.67 bits per heavy atom.